The topological polar surface area (TPSA) is 34.1 Å². The third-order valence-corrected chi connectivity index (χ3v) is 5.49. The fourth-order valence-corrected chi connectivity index (χ4v) is 3.67. The van der Waals surface area contributed by atoms with Crippen molar-refractivity contribution >= 4 is 9.84 Å². The molecule has 0 aliphatic heterocycles. The maximum atomic E-state index is 12.3. The van der Waals surface area contributed by atoms with Gasteiger partial charge in [0.25, 0.3) is 0 Å². The summed E-state index contributed by atoms with van der Waals surface area (Å²) in [7, 11) is -3.18. The molecule has 0 spiro atoms. The van der Waals surface area contributed by atoms with Crippen molar-refractivity contribution in [3.05, 3.63) is 66.7 Å². The highest BCUT2D eigenvalue weighted by Crippen LogP contribution is 2.22. The van der Waals surface area contributed by atoms with E-state index in [1.165, 1.54) is 5.56 Å². The Balaban J connectivity index is 2.10. The highest BCUT2D eigenvalue weighted by atomic mass is 32.2. The minimum Gasteiger partial charge on any atom is -0.224 e. The van der Waals surface area contributed by atoms with Gasteiger partial charge in [-0.3, -0.25) is 0 Å². The molecule has 0 unspecified atom stereocenters. The molecule has 0 fully saturated rings. The second-order valence-electron chi connectivity index (χ2n) is 5.49. The molecule has 0 aliphatic rings. The lowest BCUT2D eigenvalue weighted by atomic mass is 10.0. The molecule has 3 heteroatoms. The van der Waals surface area contributed by atoms with Crippen LogP contribution in [0, 0.1) is 6.92 Å². The Labute approximate surface area is 133 Å². The van der Waals surface area contributed by atoms with Crippen LogP contribution < -0.4 is 0 Å². The Morgan fingerprint density at radius 3 is 2.00 bits per heavy atom. The molecular weight excluding hydrogens is 292 g/mol. The summed E-state index contributed by atoms with van der Waals surface area (Å²) in [5, 5.41) is 0. The average molecular weight is 314 g/mol. The molecule has 0 atom stereocenters. The van der Waals surface area contributed by atoms with Crippen LogP contribution >= 0.6 is 0 Å². The first-order valence-electron chi connectivity index (χ1n) is 7.54. The van der Waals surface area contributed by atoms with Gasteiger partial charge in [-0.05, 0) is 49.4 Å². The van der Waals surface area contributed by atoms with Crippen molar-refractivity contribution in [3.8, 4) is 11.1 Å². The van der Waals surface area contributed by atoms with Crippen molar-refractivity contribution in [1.29, 1.82) is 0 Å². The van der Waals surface area contributed by atoms with Gasteiger partial charge in [-0.25, -0.2) is 8.42 Å². The van der Waals surface area contributed by atoms with Crippen molar-refractivity contribution in [2.45, 2.75) is 31.1 Å². The number of sulfone groups is 1. The zero-order chi connectivity index (χ0) is 16.0. The summed E-state index contributed by atoms with van der Waals surface area (Å²) in [5.41, 5.74) is 3.34. The van der Waals surface area contributed by atoms with Gasteiger partial charge < -0.3 is 0 Å². The van der Waals surface area contributed by atoms with Gasteiger partial charge in [0.1, 0.15) is 0 Å². The number of aryl methyl sites for hydroxylation is 1. The van der Waals surface area contributed by atoms with E-state index in [0.717, 1.165) is 24.0 Å². The summed E-state index contributed by atoms with van der Waals surface area (Å²) in [6.45, 7) is 5.69. The summed E-state index contributed by atoms with van der Waals surface area (Å²) >= 11 is 0. The van der Waals surface area contributed by atoms with Crippen molar-refractivity contribution in [2.75, 3.05) is 5.75 Å². The number of allylic oxidation sites excluding steroid dienone is 1. The maximum absolute atomic E-state index is 12.3. The largest absolute Gasteiger partial charge is 0.224 e. The van der Waals surface area contributed by atoms with Gasteiger partial charge in [0.2, 0.25) is 0 Å². The van der Waals surface area contributed by atoms with E-state index in [4.69, 9.17) is 0 Å². The third-order valence-electron chi connectivity index (χ3n) is 3.67. The predicted octanol–water partition coefficient (Wildman–Crippen LogP) is 4.79. The summed E-state index contributed by atoms with van der Waals surface area (Å²) < 4.78 is 24.5. The zero-order valence-electron chi connectivity index (χ0n) is 13.0. The number of hydrogen-bond donors (Lipinski definition) is 0. The van der Waals surface area contributed by atoms with Gasteiger partial charge in [0.05, 0.1) is 10.6 Å². The molecule has 2 nitrogen and oxygen atoms in total. The average Bonchev–Trinajstić information content (AvgIpc) is 2.52. The molecule has 2 aromatic carbocycles. The van der Waals surface area contributed by atoms with Gasteiger partial charge >= 0.3 is 0 Å². The molecule has 0 amide bonds. The quantitative estimate of drug-likeness (QED) is 0.544. The van der Waals surface area contributed by atoms with Crippen LogP contribution in [0.25, 0.3) is 11.1 Å². The van der Waals surface area contributed by atoms with E-state index in [1.807, 2.05) is 37.3 Å². The summed E-state index contributed by atoms with van der Waals surface area (Å²) in [6.07, 6.45) is 4.23. The van der Waals surface area contributed by atoms with E-state index < -0.39 is 9.84 Å². The highest BCUT2D eigenvalue weighted by Gasteiger charge is 2.13. The van der Waals surface area contributed by atoms with Crippen LogP contribution in [-0.4, -0.2) is 14.2 Å². The van der Waals surface area contributed by atoms with Crippen LogP contribution in [0.2, 0.25) is 0 Å². The van der Waals surface area contributed by atoms with Crippen molar-refractivity contribution < 1.29 is 8.42 Å². The Kier molecular flexibility index (Phi) is 5.56. The monoisotopic (exact) mass is 314 g/mol. The van der Waals surface area contributed by atoms with E-state index >= 15 is 0 Å². The molecule has 0 aliphatic carbocycles. The smallest absolute Gasteiger partial charge is 0.178 e. The molecule has 22 heavy (non-hydrogen) atoms. The normalized spacial score (nSPS) is 11.3. The summed E-state index contributed by atoms with van der Waals surface area (Å²) in [4.78, 5) is 0.405. The van der Waals surface area contributed by atoms with Gasteiger partial charge in [-0.2, -0.15) is 0 Å². The fourth-order valence-electron chi connectivity index (χ4n) is 2.30. The Morgan fingerprint density at radius 1 is 0.909 bits per heavy atom. The lowest BCUT2D eigenvalue weighted by Gasteiger charge is -2.06. The van der Waals surface area contributed by atoms with Gasteiger partial charge in [-0.15, -0.1) is 6.58 Å². The van der Waals surface area contributed by atoms with Crippen molar-refractivity contribution in [2.24, 2.45) is 0 Å². The molecular formula is C19H22O2S. The maximum Gasteiger partial charge on any atom is 0.178 e. The SMILES string of the molecule is C=CCCCCS(=O)(=O)c1ccc(-c2ccc(C)cc2)cc1. The minimum absolute atomic E-state index is 0.199. The van der Waals surface area contributed by atoms with Crippen molar-refractivity contribution in [1.82, 2.24) is 0 Å². The van der Waals surface area contributed by atoms with Gasteiger partial charge in [0, 0.05) is 0 Å². The number of hydrogen-bond acceptors (Lipinski definition) is 2. The molecule has 116 valence electrons. The first-order valence-corrected chi connectivity index (χ1v) is 9.19. The zero-order valence-corrected chi connectivity index (χ0v) is 13.8. The van der Waals surface area contributed by atoms with E-state index in [9.17, 15) is 8.42 Å². The first kappa shape index (κ1) is 16.5. The van der Waals surface area contributed by atoms with Crippen LogP contribution in [0.15, 0.2) is 66.1 Å². The van der Waals surface area contributed by atoms with Crippen LogP contribution in [-0.2, 0) is 9.84 Å². The summed E-state index contributed by atoms with van der Waals surface area (Å²) in [6, 6.07) is 15.4. The van der Waals surface area contributed by atoms with Gasteiger partial charge in [-0.1, -0.05) is 48.0 Å². The highest BCUT2D eigenvalue weighted by molar-refractivity contribution is 7.91. The molecule has 2 rings (SSSR count). The molecule has 0 N–H and O–H groups in total. The lowest BCUT2D eigenvalue weighted by molar-refractivity contribution is 0.592. The van der Waals surface area contributed by atoms with E-state index in [0.29, 0.717) is 11.3 Å². The summed E-state index contributed by atoms with van der Waals surface area (Å²) in [5.74, 6) is 0.199. The van der Waals surface area contributed by atoms with Crippen LogP contribution in [0.3, 0.4) is 0 Å². The second kappa shape index (κ2) is 7.41. The van der Waals surface area contributed by atoms with Crippen LogP contribution in [0.4, 0.5) is 0 Å². The molecule has 0 aromatic heterocycles. The van der Waals surface area contributed by atoms with Crippen molar-refractivity contribution in [3.63, 3.8) is 0 Å². The molecule has 0 heterocycles. The predicted molar refractivity (Wildman–Crippen MR) is 92.7 cm³/mol. The second-order valence-corrected chi connectivity index (χ2v) is 7.60. The van der Waals surface area contributed by atoms with Gasteiger partial charge in [0.15, 0.2) is 9.84 Å². The Morgan fingerprint density at radius 2 is 1.45 bits per heavy atom. The molecule has 0 radical (unpaired) electrons. The number of benzene rings is 2. The lowest BCUT2D eigenvalue weighted by Crippen LogP contribution is -2.06. The van der Waals surface area contributed by atoms with Crippen LogP contribution in [0.1, 0.15) is 24.8 Å². The number of rotatable bonds is 7. The van der Waals surface area contributed by atoms with E-state index in [2.05, 4.69) is 18.7 Å². The molecule has 0 bridgehead atoms. The van der Waals surface area contributed by atoms with E-state index in [1.54, 1.807) is 12.1 Å². The Hall–Kier alpha value is -1.87. The fraction of sp³-hybridized carbons (Fsp3) is 0.263. The van der Waals surface area contributed by atoms with Crippen LogP contribution in [0.5, 0.6) is 0 Å². The molecule has 0 saturated carbocycles. The minimum atomic E-state index is -3.18. The van der Waals surface area contributed by atoms with E-state index in [-0.39, 0.29) is 5.75 Å². The standard InChI is InChI=1S/C19H22O2S/c1-3-4-5-6-15-22(20,21)19-13-11-18(12-14-19)17-9-7-16(2)8-10-17/h3,7-14H,1,4-6,15H2,2H3. The molecule has 0 saturated heterocycles. The first-order chi connectivity index (χ1) is 10.5. The third kappa shape index (κ3) is 4.31. The molecule has 2 aromatic rings. The Bertz CT molecular complexity index is 711. The number of unbranched alkanes of at least 4 members (excludes halogenated alkanes) is 2.